The average Bonchev–Trinajstić information content (AvgIpc) is 2.36. The molecule has 64 valence electrons. The lowest BCUT2D eigenvalue weighted by Crippen LogP contribution is -2.22. The van der Waals surface area contributed by atoms with E-state index < -0.39 is 5.41 Å². The van der Waals surface area contributed by atoms with E-state index in [1.165, 1.54) is 0 Å². The van der Waals surface area contributed by atoms with Crippen molar-refractivity contribution in [2.45, 2.75) is 13.3 Å². The molecule has 1 rings (SSSR count). The SMILES string of the molecule is CC1CC(N)=C(C#N)C1(C#N)C#N. The smallest absolute Gasteiger partial charge is 0.182 e. The van der Waals surface area contributed by atoms with E-state index in [4.69, 9.17) is 21.5 Å². The summed E-state index contributed by atoms with van der Waals surface area (Å²) in [5, 5.41) is 26.5. The largest absolute Gasteiger partial charge is 0.401 e. The van der Waals surface area contributed by atoms with Gasteiger partial charge in [-0.15, -0.1) is 0 Å². The summed E-state index contributed by atoms with van der Waals surface area (Å²) in [7, 11) is 0. The Morgan fingerprint density at radius 2 is 1.92 bits per heavy atom. The molecule has 0 radical (unpaired) electrons. The van der Waals surface area contributed by atoms with Gasteiger partial charge in [-0.05, 0) is 12.3 Å². The van der Waals surface area contributed by atoms with Crippen molar-refractivity contribution in [1.82, 2.24) is 0 Å². The van der Waals surface area contributed by atoms with Gasteiger partial charge in [-0.1, -0.05) is 6.92 Å². The summed E-state index contributed by atoms with van der Waals surface area (Å²) >= 11 is 0. The first-order valence-electron chi connectivity index (χ1n) is 3.84. The molecule has 0 aromatic carbocycles. The Morgan fingerprint density at radius 1 is 1.38 bits per heavy atom. The van der Waals surface area contributed by atoms with Crippen LogP contribution in [0.3, 0.4) is 0 Å². The van der Waals surface area contributed by atoms with Crippen LogP contribution in [0.2, 0.25) is 0 Å². The van der Waals surface area contributed by atoms with Crippen LogP contribution < -0.4 is 5.73 Å². The fourth-order valence-corrected chi connectivity index (χ4v) is 1.60. The normalized spacial score (nSPS) is 24.6. The highest BCUT2D eigenvalue weighted by atomic mass is 14.7. The molecule has 4 nitrogen and oxygen atoms in total. The van der Waals surface area contributed by atoms with Gasteiger partial charge in [0.15, 0.2) is 5.41 Å². The summed E-state index contributed by atoms with van der Waals surface area (Å²) in [6, 6.07) is 5.62. The van der Waals surface area contributed by atoms with Crippen molar-refractivity contribution in [2.24, 2.45) is 17.1 Å². The summed E-state index contributed by atoms with van der Waals surface area (Å²) in [6.07, 6.45) is 0.448. The zero-order chi connectivity index (χ0) is 10.1. The van der Waals surface area contributed by atoms with Gasteiger partial charge in [0.2, 0.25) is 0 Å². The van der Waals surface area contributed by atoms with Crippen molar-refractivity contribution in [3.8, 4) is 18.2 Å². The van der Waals surface area contributed by atoms with Gasteiger partial charge in [-0.25, -0.2) is 0 Å². The Bertz CT molecular complexity index is 371. The number of allylic oxidation sites excluding steroid dienone is 2. The molecule has 0 saturated heterocycles. The van der Waals surface area contributed by atoms with E-state index >= 15 is 0 Å². The standard InChI is InChI=1S/C9H8N4/c1-6-2-8(13)7(3-10)9(6,4-11)5-12/h6H,2,13H2,1H3. The minimum atomic E-state index is -1.32. The lowest BCUT2D eigenvalue weighted by atomic mass is 9.77. The van der Waals surface area contributed by atoms with Crippen molar-refractivity contribution in [2.75, 3.05) is 0 Å². The molecule has 0 fully saturated rings. The molecule has 0 heterocycles. The molecule has 1 unspecified atom stereocenters. The van der Waals surface area contributed by atoms with Crippen LogP contribution in [0.4, 0.5) is 0 Å². The van der Waals surface area contributed by atoms with E-state index in [1.807, 2.05) is 18.2 Å². The van der Waals surface area contributed by atoms with Crippen molar-refractivity contribution < 1.29 is 0 Å². The Morgan fingerprint density at radius 3 is 2.23 bits per heavy atom. The van der Waals surface area contributed by atoms with Gasteiger partial charge >= 0.3 is 0 Å². The molecule has 4 heteroatoms. The number of nitriles is 3. The molecule has 0 aromatic heterocycles. The van der Waals surface area contributed by atoms with E-state index in [2.05, 4.69) is 0 Å². The number of rotatable bonds is 0. The summed E-state index contributed by atoms with van der Waals surface area (Å²) < 4.78 is 0. The van der Waals surface area contributed by atoms with Crippen LogP contribution >= 0.6 is 0 Å². The van der Waals surface area contributed by atoms with Crippen LogP contribution in [0.15, 0.2) is 11.3 Å². The molecule has 1 atom stereocenters. The molecule has 0 aliphatic heterocycles. The highest BCUT2D eigenvalue weighted by Gasteiger charge is 2.47. The Balaban J connectivity index is 3.35. The van der Waals surface area contributed by atoms with Gasteiger partial charge in [0.1, 0.15) is 0 Å². The van der Waals surface area contributed by atoms with E-state index in [1.54, 1.807) is 6.92 Å². The van der Waals surface area contributed by atoms with Gasteiger partial charge in [0.25, 0.3) is 0 Å². The second kappa shape index (κ2) is 2.81. The van der Waals surface area contributed by atoms with E-state index in [-0.39, 0.29) is 11.5 Å². The maximum Gasteiger partial charge on any atom is 0.182 e. The number of nitrogens with two attached hydrogens (primary N) is 1. The monoisotopic (exact) mass is 172 g/mol. The molecule has 0 saturated carbocycles. The molecular weight excluding hydrogens is 164 g/mol. The molecule has 0 bridgehead atoms. The van der Waals surface area contributed by atoms with E-state index in [0.717, 1.165) is 0 Å². The van der Waals surface area contributed by atoms with Crippen molar-refractivity contribution in [3.63, 3.8) is 0 Å². The van der Waals surface area contributed by atoms with Crippen LogP contribution in [-0.2, 0) is 0 Å². The zero-order valence-corrected chi connectivity index (χ0v) is 7.20. The van der Waals surface area contributed by atoms with E-state index in [0.29, 0.717) is 12.1 Å². The molecule has 1 aliphatic carbocycles. The topological polar surface area (TPSA) is 97.4 Å². The Kier molecular flexibility index (Phi) is 1.97. The highest BCUT2D eigenvalue weighted by molar-refractivity contribution is 5.49. The summed E-state index contributed by atoms with van der Waals surface area (Å²) in [6.45, 7) is 1.75. The quantitative estimate of drug-likeness (QED) is 0.584. The van der Waals surface area contributed by atoms with Gasteiger partial charge in [-0.2, -0.15) is 15.8 Å². The van der Waals surface area contributed by atoms with Crippen LogP contribution in [0.25, 0.3) is 0 Å². The second-order valence-electron chi connectivity index (χ2n) is 3.15. The molecular formula is C9H8N4. The van der Waals surface area contributed by atoms with Gasteiger partial charge in [-0.3, -0.25) is 0 Å². The first-order valence-corrected chi connectivity index (χ1v) is 3.84. The third-order valence-electron chi connectivity index (χ3n) is 2.45. The number of nitrogens with zero attached hydrogens (tertiary/aromatic N) is 3. The van der Waals surface area contributed by atoms with Crippen LogP contribution in [0, 0.1) is 45.3 Å². The number of hydrogen-bond donors (Lipinski definition) is 1. The lowest BCUT2D eigenvalue weighted by Gasteiger charge is -2.16. The number of hydrogen-bond acceptors (Lipinski definition) is 4. The minimum Gasteiger partial charge on any atom is -0.401 e. The maximum atomic E-state index is 8.89. The molecule has 2 N–H and O–H groups in total. The second-order valence-corrected chi connectivity index (χ2v) is 3.15. The summed E-state index contributed by atoms with van der Waals surface area (Å²) in [5.41, 5.74) is 4.74. The molecule has 1 aliphatic rings. The molecule has 0 aromatic rings. The van der Waals surface area contributed by atoms with Gasteiger partial charge in [0.05, 0.1) is 23.8 Å². The predicted molar refractivity (Wildman–Crippen MR) is 44.3 cm³/mol. The van der Waals surface area contributed by atoms with Crippen LogP contribution in [-0.4, -0.2) is 0 Å². The fourth-order valence-electron chi connectivity index (χ4n) is 1.60. The van der Waals surface area contributed by atoms with Crippen LogP contribution in [0.1, 0.15) is 13.3 Å². The summed E-state index contributed by atoms with van der Waals surface area (Å²) in [5.74, 6) is -0.197. The Hall–Kier alpha value is -1.99. The molecule has 13 heavy (non-hydrogen) atoms. The first-order chi connectivity index (χ1) is 6.12. The first kappa shape index (κ1) is 9.10. The molecule has 0 amide bonds. The summed E-state index contributed by atoms with van der Waals surface area (Å²) in [4.78, 5) is 0. The fraction of sp³-hybridized carbons (Fsp3) is 0.444. The van der Waals surface area contributed by atoms with Gasteiger partial charge in [0, 0.05) is 5.70 Å². The Labute approximate surface area is 76.5 Å². The van der Waals surface area contributed by atoms with Crippen molar-refractivity contribution in [1.29, 1.82) is 15.8 Å². The predicted octanol–water partition coefficient (Wildman–Crippen LogP) is 0.796. The van der Waals surface area contributed by atoms with Crippen molar-refractivity contribution in [3.05, 3.63) is 11.3 Å². The lowest BCUT2D eigenvalue weighted by molar-refractivity contribution is 0.440. The third kappa shape index (κ3) is 0.949. The minimum absolute atomic E-state index is 0.130. The zero-order valence-electron chi connectivity index (χ0n) is 7.20. The molecule has 0 spiro atoms. The maximum absolute atomic E-state index is 8.89. The third-order valence-corrected chi connectivity index (χ3v) is 2.45. The van der Waals surface area contributed by atoms with Gasteiger partial charge < -0.3 is 5.73 Å². The average molecular weight is 172 g/mol. The highest BCUT2D eigenvalue weighted by Crippen LogP contribution is 2.44. The van der Waals surface area contributed by atoms with E-state index in [9.17, 15) is 0 Å². The van der Waals surface area contributed by atoms with Crippen molar-refractivity contribution >= 4 is 0 Å². The van der Waals surface area contributed by atoms with Crippen LogP contribution in [0.5, 0.6) is 0 Å².